The smallest absolute Gasteiger partial charge is 0.390 e. The van der Waals surface area contributed by atoms with Crippen molar-refractivity contribution in [2.24, 2.45) is 0 Å². The molecule has 0 amide bonds. The second-order valence-electron chi connectivity index (χ2n) is 3.14. The summed E-state index contributed by atoms with van der Waals surface area (Å²) < 4.78 is 41.5. The maximum absolute atomic E-state index is 11.9. The predicted octanol–water partition coefficient (Wildman–Crippen LogP) is 3.82. The summed E-state index contributed by atoms with van der Waals surface area (Å²) in [5.41, 5.74) is 0.601. The Morgan fingerprint density at radius 1 is 1.38 bits per heavy atom. The Morgan fingerprint density at radius 2 is 2.06 bits per heavy atom. The van der Waals surface area contributed by atoms with E-state index in [1.54, 1.807) is 18.2 Å². The molecule has 0 aliphatic heterocycles. The molecule has 0 saturated carbocycles. The van der Waals surface area contributed by atoms with Crippen LogP contribution in [0.25, 0.3) is 0 Å². The molecule has 1 aromatic rings. The topological polar surface area (TPSA) is 21.3 Å². The molecule has 0 unspecified atom stereocenters. The number of benzene rings is 1. The van der Waals surface area contributed by atoms with Crippen molar-refractivity contribution in [2.45, 2.75) is 12.6 Å². The standard InChI is InChI=1S/C10H11BrF3NO/c1-16-9-6-7(2-3-8(9)11)15-5-4-10(12,13)14/h2-3,6,15H,4-5H2,1H3. The van der Waals surface area contributed by atoms with Crippen molar-refractivity contribution in [3.63, 3.8) is 0 Å². The lowest BCUT2D eigenvalue weighted by atomic mass is 10.3. The highest BCUT2D eigenvalue weighted by molar-refractivity contribution is 9.10. The minimum atomic E-state index is -4.13. The molecule has 0 atom stereocenters. The fourth-order valence-corrected chi connectivity index (χ4v) is 1.53. The van der Waals surface area contributed by atoms with E-state index in [2.05, 4.69) is 21.2 Å². The Morgan fingerprint density at radius 3 is 2.62 bits per heavy atom. The molecule has 90 valence electrons. The summed E-state index contributed by atoms with van der Waals surface area (Å²) in [6.07, 6.45) is -4.99. The molecular weight excluding hydrogens is 287 g/mol. The second kappa shape index (κ2) is 5.43. The summed E-state index contributed by atoms with van der Waals surface area (Å²) in [6.45, 7) is -0.145. The number of hydrogen-bond donors (Lipinski definition) is 1. The predicted molar refractivity (Wildman–Crippen MR) is 59.9 cm³/mol. The van der Waals surface area contributed by atoms with E-state index in [9.17, 15) is 13.2 Å². The van der Waals surface area contributed by atoms with E-state index in [0.717, 1.165) is 4.47 Å². The molecule has 6 heteroatoms. The Balaban J connectivity index is 2.55. The number of methoxy groups -OCH3 is 1. The Labute approximate surface area is 99.9 Å². The summed E-state index contributed by atoms with van der Waals surface area (Å²) in [7, 11) is 1.50. The van der Waals surface area contributed by atoms with E-state index in [-0.39, 0.29) is 6.54 Å². The molecule has 2 nitrogen and oxygen atoms in total. The lowest BCUT2D eigenvalue weighted by molar-refractivity contribution is -0.131. The third-order valence-electron chi connectivity index (χ3n) is 1.89. The molecule has 1 aromatic carbocycles. The highest BCUT2D eigenvalue weighted by Crippen LogP contribution is 2.28. The number of ether oxygens (including phenoxy) is 1. The van der Waals surface area contributed by atoms with Crippen LogP contribution in [0.1, 0.15) is 6.42 Å². The number of anilines is 1. The van der Waals surface area contributed by atoms with Gasteiger partial charge in [-0.1, -0.05) is 0 Å². The normalized spacial score (nSPS) is 11.3. The number of hydrogen-bond acceptors (Lipinski definition) is 2. The molecular formula is C10H11BrF3NO. The van der Waals surface area contributed by atoms with Crippen LogP contribution in [-0.2, 0) is 0 Å². The molecule has 1 rings (SSSR count). The highest BCUT2D eigenvalue weighted by atomic mass is 79.9. The zero-order valence-corrected chi connectivity index (χ0v) is 10.2. The quantitative estimate of drug-likeness (QED) is 0.912. The minimum absolute atomic E-state index is 0.145. The van der Waals surface area contributed by atoms with Gasteiger partial charge in [0.1, 0.15) is 5.75 Å². The SMILES string of the molecule is COc1cc(NCCC(F)(F)F)ccc1Br. The first-order chi connectivity index (χ1) is 7.42. The molecule has 0 heterocycles. The van der Waals surface area contributed by atoms with Gasteiger partial charge in [0.2, 0.25) is 0 Å². The van der Waals surface area contributed by atoms with E-state index < -0.39 is 12.6 Å². The molecule has 0 aromatic heterocycles. The van der Waals surface area contributed by atoms with Gasteiger partial charge in [-0.05, 0) is 28.1 Å². The van der Waals surface area contributed by atoms with Crippen LogP contribution in [0.3, 0.4) is 0 Å². The van der Waals surface area contributed by atoms with E-state index in [0.29, 0.717) is 11.4 Å². The summed E-state index contributed by atoms with van der Waals surface area (Å²) >= 11 is 3.26. The highest BCUT2D eigenvalue weighted by Gasteiger charge is 2.26. The van der Waals surface area contributed by atoms with Crippen LogP contribution in [0.4, 0.5) is 18.9 Å². The molecule has 0 bridgehead atoms. The molecule has 0 spiro atoms. The fraction of sp³-hybridized carbons (Fsp3) is 0.400. The van der Waals surface area contributed by atoms with Crippen molar-refractivity contribution in [1.29, 1.82) is 0 Å². The van der Waals surface area contributed by atoms with Gasteiger partial charge >= 0.3 is 6.18 Å². The molecule has 1 N–H and O–H groups in total. The molecule has 16 heavy (non-hydrogen) atoms. The largest absolute Gasteiger partial charge is 0.495 e. The third-order valence-corrected chi connectivity index (χ3v) is 2.54. The first-order valence-corrected chi connectivity index (χ1v) is 5.36. The van der Waals surface area contributed by atoms with E-state index in [1.807, 2.05) is 0 Å². The summed E-state index contributed by atoms with van der Waals surface area (Å²) in [6, 6.07) is 5.04. The van der Waals surface area contributed by atoms with E-state index >= 15 is 0 Å². The van der Waals surface area contributed by atoms with Crippen molar-refractivity contribution < 1.29 is 17.9 Å². The van der Waals surface area contributed by atoms with Gasteiger partial charge in [-0.2, -0.15) is 13.2 Å². The molecule has 0 aliphatic rings. The van der Waals surface area contributed by atoms with Crippen molar-refractivity contribution in [3.8, 4) is 5.75 Å². The molecule has 0 radical (unpaired) electrons. The third kappa shape index (κ3) is 4.30. The van der Waals surface area contributed by atoms with Gasteiger partial charge in [-0.3, -0.25) is 0 Å². The van der Waals surface area contributed by atoms with Crippen LogP contribution >= 0.6 is 15.9 Å². The summed E-state index contributed by atoms with van der Waals surface area (Å²) in [5, 5.41) is 2.68. The lowest BCUT2D eigenvalue weighted by Crippen LogP contribution is -2.14. The average Bonchev–Trinajstić information content (AvgIpc) is 2.18. The van der Waals surface area contributed by atoms with Crippen molar-refractivity contribution in [1.82, 2.24) is 0 Å². The second-order valence-corrected chi connectivity index (χ2v) is 4.00. The number of rotatable bonds is 4. The summed E-state index contributed by atoms with van der Waals surface area (Å²) in [5.74, 6) is 0.581. The van der Waals surface area contributed by atoms with E-state index in [1.165, 1.54) is 7.11 Å². The Bertz CT molecular complexity index is 354. The zero-order chi connectivity index (χ0) is 12.2. The van der Waals surface area contributed by atoms with Gasteiger partial charge in [-0.15, -0.1) is 0 Å². The fourth-order valence-electron chi connectivity index (χ4n) is 1.12. The van der Waals surface area contributed by atoms with Crippen LogP contribution < -0.4 is 10.1 Å². The molecule has 0 aliphatic carbocycles. The van der Waals surface area contributed by atoms with Gasteiger partial charge in [0.15, 0.2) is 0 Å². The van der Waals surface area contributed by atoms with Gasteiger partial charge in [-0.25, -0.2) is 0 Å². The monoisotopic (exact) mass is 297 g/mol. The van der Waals surface area contributed by atoms with Gasteiger partial charge in [0.05, 0.1) is 18.0 Å². The average molecular weight is 298 g/mol. The lowest BCUT2D eigenvalue weighted by Gasteiger charge is -2.10. The number of halogens is 4. The molecule has 0 fully saturated rings. The van der Waals surface area contributed by atoms with Crippen LogP contribution in [0.5, 0.6) is 5.75 Å². The molecule has 0 saturated heterocycles. The maximum atomic E-state index is 11.9. The van der Waals surface area contributed by atoms with Crippen molar-refractivity contribution in [2.75, 3.05) is 19.0 Å². The van der Waals surface area contributed by atoms with Crippen LogP contribution in [0, 0.1) is 0 Å². The first kappa shape index (κ1) is 13.2. The van der Waals surface area contributed by atoms with Gasteiger partial charge < -0.3 is 10.1 Å². The zero-order valence-electron chi connectivity index (χ0n) is 8.57. The number of nitrogens with one attached hydrogen (secondary N) is 1. The van der Waals surface area contributed by atoms with Gasteiger partial charge in [0.25, 0.3) is 0 Å². The summed E-state index contributed by atoms with van der Waals surface area (Å²) in [4.78, 5) is 0. The maximum Gasteiger partial charge on any atom is 0.390 e. The Kier molecular flexibility index (Phi) is 4.46. The number of alkyl halides is 3. The van der Waals surface area contributed by atoms with Gasteiger partial charge in [0, 0.05) is 18.3 Å². The van der Waals surface area contributed by atoms with E-state index in [4.69, 9.17) is 4.74 Å². The van der Waals surface area contributed by atoms with Crippen molar-refractivity contribution in [3.05, 3.63) is 22.7 Å². The Hall–Kier alpha value is -0.910. The minimum Gasteiger partial charge on any atom is -0.495 e. The van der Waals surface area contributed by atoms with Crippen LogP contribution in [0.2, 0.25) is 0 Å². The van der Waals surface area contributed by atoms with Crippen molar-refractivity contribution >= 4 is 21.6 Å². The first-order valence-electron chi connectivity index (χ1n) is 4.56. The van der Waals surface area contributed by atoms with Crippen LogP contribution in [0.15, 0.2) is 22.7 Å². The van der Waals surface area contributed by atoms with Crippen LogP contribution in [-0.4, -0.2) is 19.8 Å².